The van der Waals surface area contributed by atoms with Gasteiger partial charge in [-0.2, -0.15) is 0 Å². The van der Waals surface area contributed by atoms with Crippen LogP contribution in [0.5, 0.6) is 0 Å². The van der Waals surface area contributed by atoms with E-state index in [2.05, 4.69) is 15.0 Å². The van der Waals surface area contributed by atoms with Gasteiger partial charge in [0.2, 0.25) is 0 Å². The van der Waals surface area contributed by atoms with E-state index in [1.54, 1.807) is 6.20 Å². The molecule has 0 amide bonds. The third-order valence-electron chi connectivity index (χ3n) is 2.46. The van der Waals surface area contributed by atoms with Crippen LogP contribution in [0.4, 0.5) is 0 Å². The number of hydrogen-bond donors (Lipinski definition) is 1. The highest BCUT2D eigenvalue weighted by Gasteiger charge is 2.10. The molecule has 0 unspecified atom stereocenters. The highest BCUT2D eigenvalue weighted by Crippen LogP contribution is 2.19. The number of carbonyl (C=O) groups excluding carboxylic acids is 1. The van der Waals surface area contributed by atoms with Gasteiger partial charge in [0, 0.05) is 18.2 Å². The van der Waals surface area contributed by atoms with Gasteiger partial charge < -0.3 is 4.98 Å². The van der Waals surface area contributed by atoms with Crippen LogP contribution in [0.1, 0.15) is 35.7 Å². The maximum Gasteiger partial charge on any atom is 0.152 e. The van der Waals surface area contributed by atoms with Crippen molar-refractivity contribution in [2.75, 3.05) is 0 Å². The Morgan fingerprint density at radius 2 is 2.13 bits per heavy atom. The van der Waals surface area contributed by atoms with Crippen LogP contribution in [0.15, 0.2) is 6.20 Å². The Morgan fingerprint density at radius 3 is 2.73 bits per heavy atom. The number of nitrogens with one attached hydrogen (secondary N) is 1. The molecule has 0 aliphatic rings. The number of hydrogen-bond acceptors (Lipinski definition) is 3. The molecule has 78 valence electrons. The van der Waals surface area contributed by atoms with E-state index in [4.69, 9.17) is 0 Å². The Kier molecular flexibility index (Phi) is 2.49. The van der Waals surface area contributed by atoms with E-state index in [1.165, 1.54) is 0 Å². The molecule has 0 aliphatic carbocycles. The minimum absolute atomic E-state index is 0.643. The maximum absolute atomic E-state index is 10.8. The first-order valence-electron chi connectivity index (χ1n) is 5.12. The van der Waals surface area contributed by atoms with Crippen molar-refractivity contribution in [1.82, 2.24) is 15.0 Å². The molecule has 1 N–H and O–H groups in total. The quantitative estimate of drug-likeness (QED) is 0.775. The summed E-state index contributed by atoms with van der Waals surface area (Å²) in [6.45, 7) is 4.05. The van der Waals surface area contributed by atoms with E-state index in [0.29, 0.717) is 5.56 Å². The van der Waals surface area contributed by atoms with Crippen molar-refractivity contribution in [1.29, 1.82) is 0 Å². The van der Waals surface area contributed by atoms with E-state index in [-0.39, 0.29) is 0 Å². The fraction of sp³-hybridized carbons (Fsp3) is 0.364. The van der Waals surface area contributed by atoms with Crippen molar-refractivity contribution in [3.05, 3.63) is 23.3 Å². The fourth-order valence-corrected chi connectivity index (χ4v) is 1.69. The Bertz CT molecular complexity index is 502. The smallest absolute Gasteiger partial charge is 0.152 e. The van der Waals surface area contributed by atoms with Crippen LogP contribution in [-0.2, 0) is 12.8 Å². The van der Waals surface area contributed by atoms with E-state index < -0.39 is 0 Å². The first-order valence-corrected chi connectivity index (χ1v) is 5.12. The number of aromatic nitrogens is 3. The highest BCUT2D eigenvalue weighted by atomic mass is 16.1. The number of fused-ring (bicyclic) bond motifs is 1. The van der Waals surface area contributed by atoms with Gasteiger partial charge in [-0.15, -0.1) is 0 Å². The maximum atomic E-state index is 10.8. The summed E-state index contributed by atoms with van der Waals surface area (Å²) in [6.07, 6.45) is 4.14. The van der Waals surface area contributed by atoms with Crippen LogP contribution in [0.25, 0.3) is 11.0 Å². The molecular weight excluding hydrogens is 190 g/mol. The Balaban J connectivity index is 2.77. The molecule has 4 nitrogen and oxygen atoms in total. The Labute approximate surface area is 87.7 Å². The molecule has 0 aliphatic heterocycles. The number of aromatic amines is 1. The first-order chi connectivity index (χ1) is 7.30. The van der Waals surface area contributed by atoms with Gasteiger partial charge in [0.1, 0.15) is 11.5 Å². The third-order valence-corrected chi connectivity index (χ3v) is 2.46. The zero-order valence-corrected chi connectivity index (χ0v) is 8.87. The van der Waals surface area contributed by atoms with Crippen molar-refractivity contribution in [3.8, 4) is 0 Å². The SMILES string of the molecule is CCc1nc(CC)c2c(C=O)c[nH]c2n1. The van der Waals surface area contributed by atoms with Crippen molar-refractivity contribution >= 4 is 17.3 Å². The molecule has 0 radical (unpaired) electrons. The van der Waals surface area contributed by atoms with Crippen molar-refractivity contribution in [3.63, 3.8) is 0 Å². The number of aldehydes is 1. The van der Waals surface area contributed by atoms with Crippen LogP contribution in [-0.4, -0.2) is 21.2 Å². The molecule has 0 spiro atoms. The molecule has 0 saturated carbocycles. The zero-order chi connectivity index (χ0) is 10.8. The number of H-pyrrole nitrogens is 1. The first kappa shape index (κ1) is 9.83. The summed E-state index contributed by atoms with van der Waals surface area (Å²) in [5.41, 5.74) is 2.35. The number of nitrogens with zero attached hydrogens (tertiary/aromatic N) is 2. The van der Waals surface area contributed by atoms with Gasteiger partial charge in [0.05, 0.1) is 11.1 Å². The van der Waals surface area contributed by atoms with E-state index in [1.807, 2.05) is 13.8 Å². The summed E-state index contributed by atoms with van der Waals surface area (Å²) in [6, 6.07) is 0. The summed E-state index contributed by atoms with van der Waals surface area (Å²) in [5.74, 6) is 0.818. The van der Waals surface area contributed by atoms with Crippen molar-refractivity contribution in [2.24, 2.45) is 0 Å². The second-order valence-corrected chi connectivity index (χ2v) is 3.38. The topological polar surface area (TPSA) is 58.6 Å². The average Bonchev–Trinajstić information content (AvgIpc) is 2.70. The molecule has 0 aromatic carbocycles. The third kappa shape index (κ3) is 1.52. The van der Waals surface area contributed by atoms with Gasteiger partial charge in [-0.05, 0) is 6.42 Å². The van der Waals surface area contributed by atoms with Crippen LogP contribution in [0, 0.1) is 0 Å². The number of carbonyl (C=O) groups is 1. The van der Waals surface area contributed by atoms with Crippen LogP contribution in [0.2, 0.25) is 0 Å². The summed E-state index contributed by atoms with van der Waals surface area (Å²) in [4.78, 5) is 22.6. The second-order valence-electron chi connectivity index (χ2n) is 3.38. The van der Waals surface area contributed by atoms with Gasteiger partial charge >= 0.3 is 0 Å². The predicted molar refractivity (Wildman–Crippen MR) is 58.0 cm³/mol. The van der Waals surface area contributed by atoms with Crippen LogP contribution >= 0.6 is 0 Å². The number of aryl methyl sites for hydroxylation is 2. The molecule has 4 heteroatoms. The van der Waals surface area contributed by atoms with Crippen molar-refractivity contribution < 1.29 is 4.79 Å². The lowest BCUT2D eigenvalue weighted by Crippen LogP contribution is -1.99. The lowest BCUT2D eigenvalue weighted by Gasteiger charge is -2.02. The molecule has 2 heterocycles. The van der Waals surface area contributed by atoms with Gasteiger partial charge in [0.15, 0.2) is 6.29 Å². The molecule has 15 heavy (non-hydrogen) atoms. The van der Waals surface area contributed by atoms with Gasteiger partial charge in [0.25, 0.3) is 0 Å². The van der Waals surface area contributed by atoms with Crippen molar-refractivity contribution in [2.45, 2.75) is 26.7 Å². The average molecular weight is 203 g/mol. The largest absolute Gasteiger partial charge is 0.345 e. The normalized spacial score (nSPS) is 10.8. The summed E-state index contributed by atoms with van der Waals surface area (Å²) in [7, 11) is 0. The Hall–Kier alpha value is -1.71. The van der Waals surface area contributed by atoms with E-state index in [0.717, 1.165) is 41.7 Å². The molecule has 0 bridgehead atoms. The number of rotatable bonds is 3. The molecule has 0 atom stereocenters. The highest BCUT2D eigenvalue weighted by molar-refractivity contribution is 5.97. The summed E-state index contributed by atoms with van der Waals surface area (Å²) < 4.78 is 0. The van der Waals surface area contributed by atoms with Gasteiger partial charge in [-0.25, -0.2) is 9.97 Å². The minimum atomic E-state index is 0.643. The fourth-order valence-electron chi connectivity index (χ4n) is 1.69. The molecule has 0 saturated heterocycles. The molecule has 2 aromatic heterocycles. The summed E-state index contributed by atoms with van der Waals surface area (Å²) >= 11 is 0. The van der Waals surface area contributed by atoms with Crippen LogP contribution < -0.4 is 0 Å². The molecule has 0 fully saturated rings. The monoisotopic (exact) mass is 203 g/mol. The summed E-state index contributed by atoms with van der Waals surface area (Å²) in [5, 5.41) is 0.865. The standard InChI is InChI=1S/C11H13N3O/c1-3-8-10-7(6-15)5-12-11(10)14-9(4-2)13-8/h5-6H,3-4H2,1-2H3,(H,12,13,14). The van der Waals surface area contributed by atoms with Crippen LogP contribution in [0.3, 0.4) is 0 Å². The minimum Gasteiger partial charge on any atom is -0.345 e. The van der Waals surface area contributed by atoms with Gasteiger partial charge in [-0.1, -0.05) is 13.8 Å². The predicted octanol–water partition coefficient (Wildman–Crippen LogP) is 1.90. The lowest BCUT2D eigenvalue weighted by atomic mass is 10.1. The van der Waals surface area contributed by atoms with Gasteiger partial charge in [-0.3, -0.25) is 4.79 Å². The molecular formula is C11H13N3O. The Morgan fingerprint density at radius 1 is 1.33 bits per heavy atom. The second kappa shape index (κ2) is 3.81. The van der Waals surface area contributed by atoms with E-state index >= 15 is 0 Å². The molecule has 2 aromatic rings. The molecule has 2 rings (SSSR count). The lowest BCUT2D eigenvalue weighted by molar-refractivity contribution is 0.112. The van der Waals surface area contributed by atoms with E-state index in [9.17, 15) is 4.79 Å². The zero-order valence-electron chi connectivity index (χ0n) is 8.87.